The summed E-state index contributed by atoms with van der Waals surface area (Å²) in [6, 6.07) is 7.53. The van der Waals surface area contributed by atoms with Crippen LogP contribution >= 0.6 is 23.8 Å². The highest BCUT2D eigenvalue weighted by molar-refractivity contribution is 7.80. The molecule has 7 nitrogen and oxygen atoms in total. The first-order valence-electron chi connectivity index (χ1n) is 9.66. The van der Waals surface area contributed by atoms with Crippen LogP contribution in [0.25, 0.3) is 0 Å². The third-order valence-corrected chi connectivity index (χ3v) is 5.57. The van der Waals surface area contributed by atoms with Gasteiger partial charge in [0.25, 0.3) is 0 Å². The summed E-state index contributed by atoms with van der Waals surface area (Å²) in [5.41, 5.74) is 1.67. The number of carbonyl (C=O) groups is 2. The molecule has 9 heteroatoms. The van der Waals surface area contributed by atoms with Crippen LogP contribution in [0.1, 0.15) is 18.4 Å². The summed E-state index contributed by atoms with van der Waals surface area (Å²) in [7, 11) is 0. The molecule has 1 N–H and O–H groups in total. The van der Waals surface area contributed by atoms with E-state index in [4.69, 9.17) is 33.3 Å². The van der Waals surface area contributed by atoms with Crippen molar-refractivity contribution < 1.29 is 19.1 Å². The van der Waals surface area contributed by atoms with Crippen molar-refractivity contribution in [1.82, 2.24) is 10.2 Å². The van der Waals surface area contributed by atoms with Crippen LogP contribution in [0.15, 0.2) is 52.9 Å². The molecule has 0 radical (unpaired) electrons. The summed E-state index contributed by atoms with van der Waals surface area (Å²) in [5.74, 6) is 0.369. The van der Waals surface area contributed by atoms with E-state index in [9.17, 15) is 9.59 Å². The van der Waals surface area contributed by atoms with Crippen molar-refractivity contribution >= 4 is 46.5 Å². The van der Waals surface area contributed by atoms with Gasteiger partial charge in [0.05, 0.1) is 5.71 Å². The Kier molecular flexibility index (Phi) is 6.15. The van der Waals surface area contributed by atoms with Gasteiger partial charge in [0, 0.05) is 30.6 Å². The van der Waals surface area contributed by atoms with Gasteiger partial charge in [-0.2, -0.15) is 0 Å². The van der Waals surface area contributed by atoms with E-state index in [0.717, 1.165) is 12.0 Å². The van der Waals surface area contributed by atoms with E-state index >= 15 is 0 Å². The number of thiocarbonyl (C=S) groups is 1. The summed E-state index contributed by atoms with van der Waals surface area (Å²) in [6.07, 6.45) is 4.93. The largest absolute Gasteiger partial charge is 0.454 e. The monoisotopic (exact) mass is 445 g/mol. The number of allylic oxidation sites excluding steroid dienone is 1. The third-order valence-electron chi connectivity index (χ3n) is 5.01. The number of carbonyl (C=O) groups excluding carboxylic acids is 2. The molecule has 156 valence electrons. The van der Waals surface area contributed by atoms with Gasteiger partial charge in [-0.15, -0.1) is 0 Å². The first kappa shape index (κ1) is 20.6. The maximum Gasteiger partial charge on any atom is 0.241 e. The maximum absolute atomic E-state index is 12.9. The lowest BCUT2D eigenvalue weighted by Crippen LogP contribution is -2.46. The van der Waals surface area contributed by atoms with E-state index in [1.54, 1.807) is 12.2 Å². The lowest BCUT2D eigenvalue weighted by molar-refractivity contribution is -0.129. The molecule has 2 heterocycles. The Balaban J connectivity index is 1.24. The van der Waals surface area contributed by atoms with Gasteiger partial charge in [-0.1, -0.05) is 23.7 Å². The highest BCUT2D eigenvalue weighted by Crippen LogP contribution is 2.31. The minimum Gasteiger partial charge on any atom is -0.454 e. The fourth-order valence-electron chi connectivity index (χ4n) is 3.42. The van der Waals surface area contributed by atoms with Crippen molar-refractivity contribution in [3.05, 3.63) is 58.5 Å². The predicted molar refractivity (Wildman–Crippen MR) is 116 cm³/mol. The van der Waals surface area contributed by atoms with Crippen LogP contribution < -0.4 is 5.32 Å². The molecule has 4 rings (SSSR count). The normalized spacial score (nSPS) is 19.7. The predicted octanol–water partition coefficient (Wildman–Crippen LogP) is 2.75. The zero-order valence-corrected chi connectivity index (χ0v) is 17.7. The molecular weight excluding hydrogens is 426 g/mol. The molecule has 1 fully saturated rings. The number of ether oxygens (including phenoxy) is 2. The molecule has 0 bridgehead atoms. The Morgan fingerprint density at radius 2 is 2.03 bits per heavy atom. The number of fused-ring (bicyclic) bond motifs is 2. The molecule has 0 aromatic heterocycles. The number of halogens is 1. The topological polar surface area (TPSA) is 80.2 Å². The maximum atomic E-state index is 12.9. The van der Waals surface area contributed by atoms with Gasteiger partial charge in [-0.05, 0) is 48.8 Å². The highest BCUT2D eigenvalue weighted by Gasteiger charge is 2.38. The van der Waals surface area contributed by atoms with Gasteiger partial charge in [-0.3, -0.25) is 14.5 Å². The van der Waals surface area contributed by atoms with E-state index in [0.29, 0.717) is 48.2 Å². The second-order valence-electron chi connectivity index (χ2n) is 7.06. The average Bonchev–Trinajstić information content (AvgIpc) is 3.18. The van der Waals surface area contributed by atoms with Crippen LogP contribution in [0.4, 0.5) is 0 Å². The van der Waals surface area contributed by atoms with Crippen LogP contribution in [0.3, 0.4) is 0 Å². The van der Waals surface area contributed by atoms with Crippen LogP contribution in [-0.4, -0.2) is 47.4 Å². The molecule has 3 aliphatic rings. The Hall–Kier alpha value is -2.71. The van der Waals surface area contributed by atoms with E-state index in [1.807, 2.05) is 24.3 Å². The second kappa shape index (κ2) is 8.97. The van der Waals surface area contributed by atoms with Crippen LogP contribution in [0.5, 0.6) is 0 Å². The van der Waals surface area contributed by atoms with Gasteiger partial charge in [0.1, 0.15) is 5.92 Å². The van der Waals surface area contributed by atoms with Crippen LogP contribution in [-0.2, 0) is 25.5 Å². The number of nitrogens with zero attached hydrogens (tertiary/aromatic N) is 2. The average molecular weight is 446 g/mol. The van der Waals surface area contributed by atoms with Crippen LogP contribution in [0.2, 0.25) is 5.02 Å². The fourth-order valence-corrected chi connectivity index (χ4v) is 3.84. The number of rotatable bonds is 7. The number of hydrogen-bond acceptors (Lipinski definition) is 5. The number of aliphatic imine (C=N–C) groups is 1. The van der Waals surface area contributed by atoms with E-state index in [-0.39, 0.29) is 23.7 Å². The summed E-state index contributed by atoms with van der Waals surface area (Å²) in [4.78, 5) is 30.8. The van der Waals surface area contributed by atoms with E-state index in [1.165, 1.54) is 4.90 Å². The molecule has 1 atom stereocenters. The standard InChI is InChI=1S/C21H20ClN3O4S/c22-14-5-3-13(4-6-14)7-8-23-19(26)2-1-9-25-20(27)15-10-17-18(29-12-28-17)11-16(15)24-21(25)30/h3-6,10-11,15H,1-2,7-9,12H2,(H,23,26). The molecule has 0 saturated carbocycles. The zero-order valence-electron chi connectivity index (χ0n) is 16.1. The van der Waals surface area contributed by atoms with Gasteiger partial charge >= 0.3 is 0 Å². The third kappa shape index (κ3) is 4.55. The van der Waals surface area contributed by atoms with E-state index < -0.39 is 5.92 Å². The summed E-state index contributed by atoms with van der Waals surface area (Å²) in [5, 5.41) is 3.79. The molecule has 1 unspecified atom stereocenters. The number of amides is 2. The molecule has 1 aromatic carbocycles. The van der Waals surface area contributed by atoms with Gasteiger partial charge in [0.15, 0.2) is 11.5 Å². The Morgan fingerprint density at radius 3 is 2.83 bits per heavy atom. The summed E-state index contributed by atoms with van der Waals surface area (Å²) < 4.78 is 10.7. The molecule has 2 aliphatic heterocycles. The lowest BCUT2D eigenvalue weighted by Gasteiger charge is -2.30. The summed E-state index contributed by atoms with van der Waals surface area (Å²) >= 11 is 11.2. The van der Waals surface area contributed by atoms with Crippen LogP contribution in [0, 0.1) is 5.92 Å². The SMILES string of the molecule is O=C(CCCN1C(=O)C2C=C3OCOC3=CC2=NC1=S)NCCc1ccc(Cl)cc1. The van der Waals surface area contributed by atoms with Crippen molar-refractivity contribution in [2.24, 2.45) is 10.9 Å². The molecular formula is C21H20ClN3O4S. The molecule has 0 spiro atoms. The second-order valence-corrected chi connectivity index (χ2v) is 7.86. The number of nitrogens with one attached hydrogen (secondary N) is 1. The molecule has 1 aliphatic carbocycles. The summed E-state index contributed by atoms with van der Waals surface area (Å²) in [6.45, 7) is 1.02. The molecule has 2 amide bonds. The van der Waals surface area contributed by atoms with Crippen molar-refractivity contribution in [1.29, 1.82) is 0 Å². The van der Waals surface area contributed by atoms with E-state index in [2.05, 4.69) is 10.3 Å². The smallest absolute Gasteiger partial charge is 0.241 e. The fraction of sp³-hybridized carbons (Fsp3) is 0.333. The first-order chi connectivity index (χ1) is 14.5. The molecule has 30 heavy (non-hydrogen) atoms. The van der Waals surface area contributed by atoms with Crippen molar-refractivity contribution in [3.8, 4) is 0 Å². The van der Waals surface area contributed by atoms with Crippen molar-refractivity contribution in [2.45, 2.75) is 19.3 Å². The lowest BCUT2D eigenvalue weighted by atomic mass is 9.94. The zero-order chi connectivity index (χ0) is 21.1. The number of hydrogen-bond donors (Lipinski definition) is 1. The molecule has 1 aromatic rings. The van der Waals surface area contributed by atoms with Crippen molar-refractivity contribution in [2.75, 3.05) is 19.9 Å². The minimum atomic E-state index is -0.537. The van der Waals surface area contributed by atoms with Gasteiger partial charge < -0.3 is 14.8 Å². The molecule has 1 saturated heterocycles. The first-order valence-corrected chi connectivity index (χ1v) is 10.4. The highest BCUT2D eigenvalue weighted by atomic mass is 35.5. The Labute approximate surface area is 184 Å². The Morgan fingerprint density at radius 1 is 1.27 bits per heavy atom. The van der Waals surface area contributed by atoms with Gasteiger partial charge in [0.2, 0.25) is 23.7 Å². The van der Waals surface area contributed by atoms with Gasteiger partial charge in [-0.25, -0.2) is 4.99 Å². The Bertz CT molecular complexity index is 971. The number of benzene rings is 1. The van der Waals surface area contributed by atoms with Crippen molar-refractivity contribution in [3.63, 3.8) is 0 Å². The minimum absolute atomic E-state index is 0.0626. The quantitative estimate of drug-likeness (QED) is 0.653.